The molecule has 2 aromatic carbocycles. The van der Waals surface area contributed by atoms with Crippen LogP contribution in [0.4, 0.5) is 11.4 Å². The highest BCUT2D eigenvalue weighted by atomic mass is 35.5. The first-order chi connectivity index (χ1) is 12.5. The summed E-state index contributed by atoms with van der Waals surface area (Å²) >= 11 is 6.00. The number of carbonyl (C=O) groups excluding carboxylic acids is 2. The molecule has 2 aromatic rings. The molecule has 26 heavy (non-hydrogen) atoms. The van der Waals surface area contributed by atoms with Gasteiger partial charge in [0.2, 0.25) is 5.91 Å². The highest BCUT2D eigenvalue weighted by molar-refractivity contribution is 6.31. The minimum atomic E-state index is -0.391. The lowest BCUT2D eigenvalue weighted by atomic mass is 10.2. The van der Waals surface area contributed by atoms with Crippen LogP contribution in [0.2, 0.25) is 5.02 Å². The van der Waals surface area contributed by atoms with Gasteiger partial charge in [0.05, 0.1) is 25.6 Å². The van der Waals surface area contributed by atoms with E-state index in [1.165, 1.54) is 19.1 Å². The van der Waals surface area contributed by atoms with Crippen molar-refractivity contribution < 1.29 is 23.8 Å². The van der Waals surface area contributed by atoms with Gasteiger partial charge in [0.15, 0.2) is 6.61 Å². The van der Waals surface area contributed by atoms with Gasteiger partial charge in [-0.2, -0.15) is 0 Å². The Labute approximate surface area is 155 Å². The van der Waals surface area contributed by atoms with Gasteiger partial charge in [-0.1, -0.05) is 11.6 Å². The molecule has 0 saturated heterocycles. The van der Waals surface area contributed by atoms with E-state index < -0.39 is 5.91 Å². The summed E-state index contributed by atoms with van der Waals surface area (Å²) in [4.78, 5) is 26.1. The summed E-state index contributed by atoms with van der Waals surface area (Å²) in [7, 11) is 3.03. The molecule has 2 amide bonds. The number of ether oxygens (including phenoxy) is 3. The molecule has 7 nitrogen and oxygen atoms in total. The van der Waals surface area contributed by atoms with E-state index >= 15 is 0 Å². The van der Waals surface area contributed by atoms with Crippen LogP contribution < -0.4 is 24.4 Å². The first kappa shape index (κ1) is 17.9. The molecule has 1 aliphatic heterocycles. The van der Waals surface area contributed by atoms with Gasteiger partial charge in [-0.3, -0.25) is 14.5 Å². The maximum atomic E-state index is 12.5. The Bertz CT molecular complexity index is 855. The zero-order chi connectivity index (χ0) is 18.7. The summed E-state index contributed by atoms with van der Waals surface area (Å²) < 4.78 is 15.8. The lowest BCUT2D eigenvalue weighted by Gasteiger charge is -2.29. The number of halogens is 1. The van der Waals surface area contributed by atoms with Crippen LogP contribution >= 0.6 is 11.6 Å². The molecule has 3 rings (SSSR count). The van der Waals surface area contributed by atoms with Crippen molar-refractivity contribution in [2.24, 2.45) is 0 Å². The molecule has 0 atom stereocenters. The van der Waals surface area contributed by atoms with Crippen molar-refractivity contribution in [1.82, 2.24) is 0 Å². The minimum Gasteiger partial charge on any atom is -0.497 e. The van der Waals surface area contributed by atoms with Gasteiger partial charge in [-0.15, -0.1) is 0 Å². The second-order valence-electron chi connectivity index (χ2n) is 5.49. The fourth-order valence-corrected chi connectivity index (χ4v) is 2.76. The molecule has 0 aromatic heterocycles. The number of fused-ring (bicyclic) bond motifs is 1. The zero-order valence-electron chi connectivity index (χ0n) is 14.2. The average molecular weight is 377 g/mol. The number of benzene rings is 2. The fourth-order valence-electron chi connectivity index (χ4n) is 2.59. The topological polar surface area (TPSA) is 77.1 Å². The molecule has 0 saturated carbocycles. The molecular formula is C18H17ClN2O5. The third-order valence-corrected chi connectivity index (χ3v) is 4.08. The molecular weight excluding hydrogens is 360 g/mol. The standard InChI is InChI=1S/C18H17ClN2O5/c1-24-12-4-6-15(25-2)13(8-12)20-17(22)9-21-14-7-11(19)3-5-16(14)26-10-18(21)23/h3-8H,9-10H2,1-2H3,(H,20,22). The van der Waals surface area contributed by atoms with Gasteiger partial charge in [-0.25, -0.2) is 0 Å². The van der Waals surface area contributed by atoms with Gasteiger partial charge in [0.25, 0.3) is 5.91 Å². The molecule has 0 fully saturated rings. The molecule has 0 bridgehead atoms. The van der Waals surface area contributed by atoms with Crippen LogP contribution in [0, 0.1) is 0 Å². The quantitative estimate of drug-likeness (QED) is 0.868. The third kappa shape index (κ3) is 3.67. The predicted octanol–water partition coefficient (Wildman–Crippen LogP) is 2.72. The molecule has 1 N–H and O–H groups in total. The van der Waals surface area contributed by atoms with E-state index in [-0.39, 0.29) is 19.1 Å². The monoisotopic (exact) mass is 376 g/mol. The van der Waals surface area contributed by atoms with Gasteiger partial charge in [0.1, 0.15) is 23.8 Å². The number of hydrogen-bond donors (Lipinski definition) is 1. The first-order valence-corrected chi connectivity index (χ1v) is 8.14. The normalized spacial score (nSPS) is 12.9. The molecule has 0 spiro atoms. The molecule has 1 heterocycles. The number of nitrogens with zero attached hydrogens (tertiary/aromatic N) is 1. The van der Waals surface area contributed by atoms with Crippen LogP contribution in [-0.4, -0.2) is 39.2 Å². The van der Waals surface area contributed by atoms with Crippen molar-refractivity contribution in [1.29, 1.82) is 0 Å². The highest BCUT2D eigenvalue weighted by Gasteiger charge is 2.27. The fraction of sp³-hybridized carbons (Fsp3) is 0.222. The Kier molecular flexibility index (Phi) is 5.18. The Balaban J connectivity index is 1.81. The second kappa shape index (κ2) is 7.53. The van der Waals surface area contributed by atoms with Crippen LogP contribution in [0.25, 0.3) is 0 Å². The van der Waals surface area contributed by atoms with Crippen LogP contribution in [0.3, 0.4) is 0 Å². The SMILES string of the molecule is COc1ccc(OC)c(NC(=O)CN2C(=O)COc3ccc(Cl)cc32)c1. The number of nitrogens with one attached hydrogen (secondary N) is 1. The summed E-state index contributed by atoms with van der Waals surface area (Å²) in [5, 5.41) is 3.18. The molecule has 1 aliphatic rings. The van der Waals surface area contributed by atoms with E-state index in [1.807, 2.05) is 0 Å². The number of hydrogen-bond acceptors (Lipinski definition) is 5. The lowest BCUT2D eigenvalue weighted by Crippen LogP contribution is -2.43. The van der Waals surface area contributed by atoms with E-state index in [0.717, 1.165) is 0 Å². The summed E-state index contributed by atoms with van der Waals surface area (Å²) in [6, 6.07) is 9.97. The second-order valence-corrected chi connectivity index (χ2v) is 5.93. The van der Waals surface area contributed by atoms with Gasteiger partial charge < -0.3 is 19.5 Å². The van der Waals surface area contributed by atoms with E-state index in [2.05, 4.69) is 5.32 Å². The van der Waals surface area contributed by atoms with Crippen LogP contribution in [0.15, 0.2) is 36.4 Å². The van der Waals surface area contributed by atoms with Gasteiger partial charge in [-0.05, 0) is 30.3 Å². The number of anilines is 2. The van der Waals surface area contributed by atoms with Crippen molar-refractivity contribution in [3.63, 3.8) is 0 Å². The van der Waals surface area contributed by atoms with E-state index in [4.69, 9.17) is 25.8 Å². The van der Waals surface area contributed by atoms with Crippen molar-refractivity contribution in [2.45, 2.75) is 0 Å². The largest absolute Gasteiger partial charge is 0.497 e. The maximum Gasteiger partial charge on any atom is 0.265 e. The van der Waals surface area contributed by atoms with Crippen molar-refractivity contribution in [2.75, 3.05) is 37.6 Å². The summed E-state index contributed by atoms with van der Waals surface area (Å²) in [5.74, 6) is 0.836. The average Bonchev–Trinajstić information content (AvgIpc) is 2.64. The lowest BCUT2D eigenvalue weighted by molar-refractivity contribution is -0.123. The number of methoxy groups -OCH3 is 2. The number of carbonyl (C=O) groups is 2. The van der Waals surface area contributed by atoms with Crippen LogP contribution in [0.5, 0.6) is 17.2 Å². The third-order valence-electron chi connectivity index (χ3n) is 3.85. The molecule has 8 heteroatoms. The minimum absolute atomic E-state index is 0.135. The van der Waals surface area contributed by atoms with Crippen molar-refractivity contribution in [3.05, 3.63) is 41.4 Å². The molecule has 0 unspecified atom stereocenters. The first-order valence-electron chi connectivity index (χ1n) is 7.76. The Morgan fingerprint density at radius 1 is 1.23 bits per heavy atom. The Morgan fingerprint density at radius 3 is 2.77 bits per heavy atom. The zero-order valence-corrected chi connectivity index (χ0v) is 15.0. The summed E-state index contributed by atoms with van der Waals surface area (Å²) in [6.07, 6.45) is 0. The molecule has 136 valence electrons. The molecule has 0 aliphatic carbocycles. The van der Waals surface area contributed by atoms with E-state index in [1.54, 1.807) is 36.4 Å². The van der Waals surface area contributed by atoms with Crippen molar-refractivity contribution in [3.8, 4) is 17.2 Å². The van der Waals surface area contributed by atoms with Gasteiger partial charge >= 0.3 is 0 Å². The number of amides is 2. The maximum absolute atomic E-state index is 12.5. The van der Waals surface area contributed by atoms with Crippen molar-refractivity contribution >= 4 is 34.8 Å². The Hall–Kier alpha value is -2.93. The summed E-state index contributed by atoms with van der Waals surface area (Å²) in [5.41, 5.74) is 0.908. The van der Waals surface area contributed by atoms with E-state index in [0.29, 0.717) is 33.6 Å². The highest BCUT2D eigenvalue weighted by Crippen LogP contribution is 2.34. The smallest absolute Gasteiger partial charge is 0.265 e. The van der Waals surface area contributed by atoms with Crippen LogP contribution in [-0.2, 0) is 9.59 Å². The van der Waals surface area contributed by atoms with Gasteiger partial charge in [0, 0.05) is 11.1 Å². The van der Waals surface area contributed by atoms with Crippen LogP contribution in [0.1, 0.15) is 0 Å². The predicted molar refractivity (Wildman–Crippen MR) is 97.5 cm³/mol. The number of rotatable bonds is 5. The summed E-state index contributed by atoms with van der Waals surface area (Å²) in [6.45, 7) is -0.319. The van der Waals surface area contributed by atoms with E-state index in [9.17, 15) is 9.59 Å². The molecule has 0 radical (unpaired) electrons. The Morgan fingerprint density at radius 2 is 2.04 bits per heavy atom.